The molecule has 3 heterocycles. The number of benzene rings is 1. The first-order chi connectivity index (χ1) is 15.5. The topological polar surface area (TPSA) is 72.6 Å². The van der Waals surface area contributed by atoms with Crippen LogP contribution in [0.5, 0.6) is 0 Å². The molecule has 1 atom stereocenters. The van der Waals surface area contributed by atoms with Crippen molar-refractivity contribution in [2.75, 3.05) is 19.7 Å². The fourth-order valence-electron chi connectivity index (χ4n) is 4.24. The SMILES string of the molecule is CCOC(=O)CC(c1ccc(F)cc1)C1CCN(C(=O)c2cc(-c3cccs3)on2)CC1. The highest BCUT2D eigenvalue weighted by atomic mass is 32.1. The number of carbonyl (C=O) groups excluding carboxylic acids is 2. The Morgan fingerprint density at radius 1 is 1.25 bits per heavy atom. The highest BCUT2D eigenvalue weighted by molar-refractivity contribution is 7.13. The molecule has 1 amide bonds. The van der Waals surface area contributed by atoms with Crippen LogP contribution in [0.15, 0.2) is 52.4 Å². The third-order valence-corrected chi connectivity index (χ3v) is 6.76. The minimum absolute atomic E-state index is 0.0793. The number of piperidine rings is 1. The second kappa shape index (κ2) is 10.1. The maximum Gasteiger partial charge on any atom is 0.306 e. The van der Waals surface area contributed by atoms with Crippen molar-refractivity contribution in [2.45, 2.75) is 32.1 Å². The quantitative estimate of drug-likeness (QED) is 0.461. The van der Waals surface area contributed by atoms with Crippen molar-refractivity contribution in [2.24, 2.45) is 5.92 Å². The van der Waals surface area contributed by atoms with Gasteiger partial charge in [0.2, 0.25) is 0 Å². The van der Waals surface area contributed by atoms with Crippen molar-refractivity contribution in [3.63, 3.8) is 0 Å². The lowest BCUT2D eigenvalue weighted by Crippen LogP contribution is -2.40. The molecule has 8 heteroatoms. The van der Waals surface area contributed by atoms with Gasteiger partial charge < -0.3 is 14.2 Å². The first-order valence-electron chi connectivity index (χ1n) is 10.8. The van der Waals surface area contributed by atoms with Crippen molar-refractivity contribution in [1.82, 2.24) is 10.1 Å². The van der Waals surface area contributed by atoms with Crippen LogP contribution in [0, 0.1) is 11.7 Å². The molecule has 0 bridgehead atoms. The monoisotopic (exact) mass is 456 g/mol. The number of hydrogen-bond donors (Lipinski definition) is 0. The van der Waals surface area contributed by atoms with Gasteiger partial charge in [-0.1, -0.05) is 23.4 Å². The van der Waals surface area contributed by atoms with E-state index in [1.807, 2.05) is 17.5 Å². The van der Waals surface area contributed by atoms with E-state index >= 15 is 0 Å². The summed E-state index contributed by atoms with van der Waals surface area (Å²) >= 11 is 1.53. The van der Waals surface area contributed by atoms with Crippen LogP contribution in [0.25, 0.3) is 10.6 Å². The Morgan fingerprint density at radius 2 is 2.00 bits per heavy atom. The summed E-state index contributed by atoms with van der Waals surface area (Å²) in [5.41, 5.74) is 1.22. The molecule has 0 saturated carbocycles. The molecular formula is C24H25FN2O4S. The maximum absolute atomic E-state index is 13.4. The van der Waals surface area contributed by atoms with Crippen LogP contribution in [0.2, 0.25) is 0 Å². The van der Waals surface area contributed by atoms with Gasteiger partial charge in [-0.15, -0.1) is 11.3 Å². The lowest BCUT2D eigenvalue weighted by atomic mass is 9.78. The van der Waals surface area contributed by atoms with Crippen LogP contribution in [0.4, 0.5) is 4.39 Å². The van der Waals surface area contributed by atoms with Crippen LogP contribution >= 0.6 is 11.3 Å². The molecule has 0 aliphatic carbocycles. The molecule has 32 heavy (non-hydrogen) atoms. The number of ether oxygens (including phenoxy) is 1. The summed E-state index contributed by atoms with van der Waals surface area (Å²) in [5, 5.41) is 5.90. The zero-order chi connectivity index (χ0) is 22.5. The van der Waals surface area contributed by atoms with E-state index in [4.69, 9.17) is 9.26 Å². The van der Waals surface area contributed by atoms with Gasteiger partial charge >= 0.3 is 5.97 Å². The van der Waals surface area contributed by atoms with Crippen molar-refractivity contribution in [1.29, 1.82) is 0 Å². The summed E-state index contributed by atoms with van der Waals surface area (Å²) in [6, 6.07) is 11.8. The molecular weight excluding hydrogens is 431 g/mol. The van der Waals surface area contributed by atoms with E-state index in [1.165, 1.54) is 23.5 Å². The summed E-state index contributed by atoms with van der Waals surface area (Å²) in [4.78, 5) is 27.8. The Bertz CT molecular complexity index is 1040. The van der Waals surface area contributed by atoms with E-state index in [1.54, 1.807) is 30.0 Å². The van der Waals surface area contributed by atoms with E-state index in [0.717, 1.165) is 23.3 Å². The predicted octanol–water partition coefficient (Wildman–Crippen LogP) is 5.13. The molecule has 168 valence electrons. The zero-order valence-electron chi connectivity index (χ0n) is 17.8. The molecule has 0 N–H and O–H groups in total. The molecule has 1 unspecified atom stereocenters. The predicted molar refractivity (Wildman–Crippen MR) is 119 cm³/mol. The van der Waals surface area contributed by atoms with E-state index in [9.17, 15) is 14.0 Å². The lowest BCUT2D eigenvalue weighted by molar-refractivity contribution is -0.144. The van der Waals surface area contributed by atoms with Crippen LogP contribution in [-0.2, 0) is 9.53 Å². The Morgan fingerprint density at radius 3 is 2.66 bits per heavy atom. The number of carbonyl (C=O) groups is 2. The van der Waals surface area contributed by atoms with Gasteiger partial charge in [-0.2, -0.15) is 0 Å². The van der Waals surface area contributed by atoms with Gasteiger partial charge in [-0.25, -0.2) is 4.39 Å². The number of rotatable bonds is 7. The third-order valence-electron chi connectivity index (χ3n) is 5.88. The fourth-order valence-corrected chi connectivity index (χ4v) is 4.92. The summed E-state index contributed by atoms with van der Waals surface area (Å²) < 4.78 is 23.9. The minimum Gasteiger partial charge on any atom is -0.466 e. The number of hydrogen-bond acceptors (Lipinski definition) is 6. The second-order valence-corrected chi connectivity index (χ2v) is 8.80. The molecule has 1 aliphatic rings. The van der Waals surface area contributed by atoms with Gasteiger partial charge in [-0.3, -0.25) is 9.59 Å². The second-order valence-electron chi connectivity index (χ2n) is 7.85. The highest BCUT2D eigenvalue weighted by Gasteiger charge is 2.32. The summed E-state index contributed by atoms with van der Waals surface area (Å²) in [6.45, 7) is 3.23. The molecule has 1 fully saturated rings. The van der Waals surface area contributed by atoms with Crippen molar-refractivity contribution in [3.05, 3.63) is 64.9 Å². The van der Waals surface area contributed by atoms with Gasteiger partial charge in [0.1, 0.15) is 5.82 Å². The summed E-state index contributed by atoms with van der Waals surface area (Å²) in [6.07, 6.45) is 1.72. The maximum atomic E-state index is 13.4. The van der Waals surface area contributed by atoms with Gasteiger partial charge in [0.05, 0.1) is 17.9 Å². The number of esters is 1. The van der Waals surface area contributed by atoms with Crippen molar-refractivity contribution >= 4 is 23.2 Å². The average molecular weight is 457 g/mol. The molecule has 6 nitrogen and oxygen atoms in total. The molecule has 1 saturated heterocycles. The van der Waals surface area contributed by atoms with E-state index in [-0.39, 0.29) is 36.0 Å². The molecule has 2 aromatic heterocycles. The number of amides is 1. The molecule has 1 aliphatic heterocycles. The summed E-state index contributed by atoms with van der Waals surface area (Å²) in [7, 11) is 0. The summed E-state index contributed by atoms with van der Waals surface area (Å²) in [5.74, 6) is -0.0253. The number of thiophene rings is 1. The molecule has 1 aromatic carbocycles. The Balaban J connectivity index is 1.42. The fraction of sp³-hybridized carbons (Fsp3) is 0.375. The lowest BCUT2D eigenvalue weighted by Gasteiger charge is -2.35. The Kier molecular flexibility index (Phi) is 6.99. The molecule has 4 rings (SSSR count). The number of likely N-dealkylation sites (tertiary alicyclic amines) is 1. The Labute approximate surface area is 190 Å². The van der Waals surface area contributed by atoms with Gasteiger partial charge in [0.15, 0.2) is 11.5 Å². The van der Waals surface area contributed by atoms with E-state index < -0.39 is 0 Å². The van der Waals surface area contributed by atoms with Gasteiger partial charge in [-0.05, 0) is 60.7 Å². The van der Waals surface area contributed by atoms with Crippen LogP contribution in [0.1, 0.15) is 48.2 Å². The molecule has 0 spiro atoms. The number of aromatic nitrogens is 1. The average Bonchev–Trinajstić information content (AvgIpc) is 3.50. The van der Waals surface area contributed by atoms with Crippen molar-refractivity contribution in [3.8, 4) is 10.6 Å². The largest absolute Gasteiger partial charge is 0.466 e. The Hall–Kier alpha value is -3.00. The zero-order valence-corrected chi connectivity index (χ0v) is 18.6. The minimum atomic E-state index is -0.307. The first kappa shape index (κ1) is 22.2. The van der Waals surface area contributed by atoms with Gasteiger partial charge in [0, 0.05) is 19.2 Å². The van der Waals surface area contributed by atoms with Crippen LogP contribution in [0.3, 0.4) is 0 Å². The van der Waals surface area contributed by atoms with Crippen molar-refractivity contribution < 1.29 is 23.2 Å². The molecule has 3 aromatic rings. The number of halogens is 1. The van der Waals surface area contributed by atoms with E-state index in [0.29, 0.717) is 31.2 Å². The van der Waals surface area contributed by atoms with E-state index in [2.05, 4.69) is 5.16 Å². The highest BCUT2D eigenvalue weighted by Crippen LogP contribution is 2.36. The van der Waals surface area contributed by atoms with Crippen LogP contribution in [-0.4, -0.2) is 41.6 Å². The van der Waals surface area contributed by atoms with Gasteiger partial charge in [0.25, 0.3) is 5.91 Å². The van der Waals surface area contributed by atoms with Crippen LogP contribution < -0.4 is 0 Å². The third kappa shape index (κ3) is 5.07. The smallest absolute Gasteiger partial charge is 0.306 e. The standard InChI is InChI=1S/C24H25FN2O4S/c1-2-30-23(28)14-19(16-5-7-18(25)8-6-16)17-9-11-27(12-10-17)24(29)20-15-21(31-26-20)22-4-3-13-32-22/h3-8,13,15,17,19H,2,9-12,14H2,1H3. The number of nitrogens with zero attached hydrogens (tertiary/aromatic N) is 2. The molecule has 0 radical (unpaired) electrons. The normalized spacial score (nSPS) is 15.5. The first-order valence-corrected chi connectivity index (χ1v) is 11.6.